The predicted molar refractivity (Wildman–Crippen MR) is 124 cm³/mol. The summed E-state index contributed by atoms with van der Waals surface area (Å²) < 4.78 is 67.9. The van der Waals surface area contributed by atoms with Crippen molar-refractivity contribution in [3.63, 3.8) is 0 Å². The van der Waals surface area contributed by atoms with Crippen molar-refractivity contribution in [2.24, 2.45) is 10.8 Å². The summed E-state index contributed by atoms with van der Waals surface area (Å²) in [7, 11) is -4.01. The summed E-state index contributed by atoms with van der Waals surface area (Å²) in [5.41, 5.74) is -1.12. The normalized spacial score (nSPS) is 24.9. The Kier molecular flexibility index (Phi) is 4.73. The fourth-order valence-electron chi connectivity index (χ4n) is 6.43. The number of aromatic nitrogens is 3. The largest absolute Gasteiger partial charge is 0.416 e. The van der Waals surface area contributed by atoms with Crippen LogP contribution in [0.2, 0.25) is 0 Å². The standard InChI is InChI=1S/C24H27F3N6O3S/c25-24(26,27)17-2-1-3-19(6-17)37(35,36)32-13-23(14-32)11-31(12-23)21(34)30-9-22(10-30)7-18(8-22)33-15-28-20(29-33)16-4-5-16/h1-3,6,15-16,18H,4-5,7-14H2. The molecular weight excluding hydrogens is 509 g/mol. The summed E-state index contributed by atoms with van der Waals surface area (Å²) in [5.74, 6) is 1.49. The molecule has 5 aliphatic rings. The molecule has 1 aromatic carbocycles. The maximum atomic E-state index is 13.0. The van der Waals surface area contributed by atoms with Crippen molar-refractivity contribution in [2.75, 3.05) is 39.3 Å². The van der Waals surface area contributed by atoms with E-state index in [2.05, 4.69) is 10.1 Å². The number of amides is 2. The molecule has 0 atom stereocenters. The predicted octanol–water partition coefficient (Wildman–Crippen LogP) is 2.94. The number of hydrogen-bond acceptors (Lipinski definition) is 5. The van der Waals surface area contributed by atoms with Gasteiger partial charge in [-0.05, 0) is 43.9 Å². The lowest BCUT2D eigenvalue weighted by atomic mass is 9.60. The van der Waals surface area contributed by atoms with Crippen LogP contribution in [0.15, 0.2) is 35.5 Å². The van der Waals surface area contributed by atoms with E-state index in [-0.39, 0.29) is 34.8 Å². The van der Waals surface area contributed by atoms with E-state index in [0.29, 0.717) is 31.1 Å². The maximum Gasteiger partial charge on any atom is 0.416 e. The summed E-state index contributed by atoms with van der Waals surface area (Å²) in [6.45, 7) is 2.81. The van der Waals surface area contributed by atoms with E-state index >= 15 is 0 Å². The van der Waals surface area contributed by atoms with Gasteiger partial charge >= 0.3 is 12.2 Å². The summed E-state index contributed by atoms with van der Waals surface area (Å²) >= 11 is 0. The number of halogens is 3. The Hall–Kier alpha value is -2.67. The van der Waals surface area contributed by atoms with Gasteiger partial charge in [0.15, 0.2) is 5.82 Å². The van der Waals surface area contributed by atoms with Gasteiger partial charge in [0.25, 0.3) is 0 Å². The first kappa shape index (κ1) is 23.4. The maximum absolute atomic E-state index is 13.0. The fourth-order valence-corrected chi connectivity index (χ4v) is 8.14. The van der Waals surface area contributed by atoms with Gasteiger partial charge < -0.3 is 9.80 Å². The Morgan fingerprint density at radius 2 is 1.62 bits per heavy atom. The van der Waals surface area contributed by atoms with Gasteiger partial charge in [0.05, 0.1) is 16.5 Å². The quantitative estimate of drug-likeness (QED) is 0.599. The molecule has 5 fully saturated rings. The molecule has 0 radical (unpaired) electrons. The van der Waals surface area contributed by atoms with Gasteiger partial charge in [0.1, 0.15) is 6.33 Å². The van der Waals surface area contributed by atoms with Crippen LogP contribution < -0.4 is 0 Å². The second kappa shape index (κ2) is 7.46. The number of nitrogens with zero attached hydrogens (tertiary/aromatic N) is 6. The molecule has 37 heavy (non-hydrogen) atoms. The van der Waals surface area contributed by atoms with Crippen LogP contribution in [-0.2, 0) is 16.2 Å². The number of alkyl halides is 3. The summed E-state index contributed by atoms with van der Waals surface area (Å²) in [6, 6.07) is 4.16. The van der Waals surface area contributed by atoms with Crippen LogP contribution in [0.25, 0.3) is 0 Å². The fraction of sp³-hybridized carbons (Fsp3) is 0.625. The number of hydrogen-bond donors (Lipinski definition) is 0. The third kappa shape index (κ3) is 3.76. The summed E-state index contributed by atoms with van der Waals surface area (Å²) in [6.07, 6.45) is 1.57. The molecule has 0 bridgehead atoms. The van der Waals surface area contributed by atoms with Gasteiger partial charge in [-0.2, -0.15) is 22.6 Å². The van der Waals surface area contributed by atoms with Crippen LogP contribution in [0.1, 0.15) is 49.0 Å². The lowest BCUT2D eigenvalue weighted by molar-refractivity contribution is -0.137. The van der Waals surface area contributed by atoms with Crippen LogP contribution in [-0.4, -0.2) is 82.6 Å². The molecule has 2 aliphatic carbocycles. The molecule has 198 valence electrons. The van der Waals surface area contributed by atoms with Crippen molar-refractivity contribution < 1.29 is 26.4 Å². The molecule has 2 aromatic rings. The van der Waals surface area contributed by atoms with Crippen molar-refractivity contribution >= 4 is 16.1 Å². The van der Waals surface area contributed by atoms with E-state index in [1.807, 2.05) is 15.9 Å². The monoisotopic (exact) mass is 536 g/mol. The Morgan fingerprint density at radius 1 is 0.973 bits per heavy atom. The van der Waals surface area contributed by atoms with Crippen molar-refractivity contribution in [3.05, 3.63) is 42.0 Å². The Morgan fingerprint density at radius 3 is 2.24 bits per heavy atom. The number of carbonyl (C=O) groups is 1. The van der Waals surface area contributed by atoms with Gasteiger partial charge in [0, 0.05) is 56.0 Å². The van der Waals surface area contributed by atoms with Gasteiger partial charge in [-0.1, -0.05) is 6.07 Å². The third-order valence-electron chi connectivity index (χ3n) is 8.65. The zero-order valence-electron chi connectivity index (χ0n) is 20.1. The summed E-state index contributed by atoms with van der Waals surface area (Å²) in [5, 5.41) is 4.63. The second-order valence-electron chi connectivity index (χ2n) is 11.7. The van der Waals surface area contributed by atoms with Crippen molar-refractivity contribution in [3.8, 4) is 0 Å². The number of carbonyl (C=O) groups excluding carboxylic acids is 1. The van der Waals surface area contributed by atoms with Crippen LogP contribution in [0.4, 0.5) is 18.0 Å². The van der Waals surface area contributed by atoms with E-state index in [1.165, 1.54) is 23.2 Å². The Bertz CT molecular complexity index is 1360. The van der Waals surface area contributed by atoms with E-state index in [4.69, 9.17) is 0 Å². The van der Waals surface area contributed by atoms with Crippen molar-refractivity contribution in [1.82, 2.24) is 28.9 Å². The van der Waals surface area contributed by atoms with Crippen molar-refractivity contribution in [2.45, 2.75) is 48.7 Å². The zero-order chi connectivity index (χ0) is 25.8. The number of rotatable bonds is 4. The Balaban J connectivity index is 0.890. The molecule has 4 heterocycles. The van der Waals surface area contributed by atoms with Crippen molar-refractivity contribution in [1.29, 1.82) is 0 Å². The van der Waals surface area contributed by atoms with Crippen LogP contribution in [0.5, 0.6) is 0 Å². The van der Waals surface area contributed by atoms with E-state index in [1.54, 1.807) is 4.90 Å². The first-order valence-electron chi connectivity index (χ1n) is 12.6. The third-order valence-corrected chi connectivity index (χ3v) is 10.4. The first-order chi connectivity index (χ1) is 17.5. The highest BCUT2D eigenvalue weighted by Crippen LogP contribution is 2.55. The highest BCUT2D eigenvalue weighted by atomic mass is 32.2. The van der Waals surface area contributed by atoms with Gasteiger partial charge in [-0.3, -0.25) is 0 Å². The number of benzene rings is 1. The lowest BCUT2D eigenvalue weighted by Gasteiger charge is -2.63. The minimum absolute atomic E-state index is 0.0179. The molecule has 9 nitrogen and oxygen atoms in total. The molecule has 2 spiro atoms. The van der Waals surface area contributed by atoms with Crippen LogP contribution >= 0.6 is 0 Å². The minimum atomic E-state index is -4.61. The van der Waals surface area contributed by atoms with Gasteiger partial charge in [0.2, 0.25) is 10.0 Å². The van der Waals surface area contributed by atoms with Crippen LogP contribution in [0, 0.1) is 10.8 Å². The summed E-state index contributed by atoms with van der Waals surface area (Å²) in [4.78, 5) is 20.6. The molecular formula is C24H27F3N6O3S. The average Bonchev–Trinajstić information content (AvgIpc) is 3.47. The zero-order valence-corrected chi connectivity index (χ0v) is 20.9. The van der Waals surface area contributed by atoms with E-state index in [9.17, 15) is 26.4 Å². The Labute approximate surface area is 212 Å². The molecule has 0 unspecified atom stereocenters. The van der Waals surface area contributed by atoms with E-state index < -0.39 is 21.8 Å². The minimum Gasteiger partial charge on any atom is -0.323 e. The van der Waals surface area contributed by atoms with Gasteiger partial charge in [-0.15, -0.1) is 0 Å². The molecule has 13 heteroatoms. The smallest absolute Gasteiger partial charge is 0.323 e. The molecule has 7 rings (SSSR count). The molecule has 3 saturated heterocycles. The lowest BCUT2D eigenvalue weighted by Crippen LogP contribution is -2.76. The van der Waals surface area contributed by atoms with E-state index in [0.717, 1.165) is 43.9 Å². The highest BCUT2D eigenvalue weighted by molar-refractivity contribution is 7.89. The highest BCUT2D eigenvalue weighted by Gasteiger charge is 2.60. The number of urea groups is 1. The topological polar surface area (TPSA) is 91.6 Å². The van der Waals surface area contributed by atoms with Gasteiger partial charge in [-0.25, -0.2) is 22.9 Å². The molecule has 2 saturated carbocycles. The number of likely N-dealkylation sites (tertiary alicyclic amines) is 2. The second-order valence-corrected chi connectivity index (χ2v) is 13.7. The first-order valence-corrected chi connectivity index (χ1v) is 14.0. The molecule has 3 aliphatic heterocycles. The number of sulfonamides is 1. The average molecular weight is 537 g/mol. The SMILES string of the molecule is O=C(N1CC2(CC(n3cnc(C4CC4)n3)C2)C1)N1CC2(C1)CN(S(=O)(=O)c1cccc(C(F)(F)F)c1)C2. The molecule has 0 N–H and O–H groups in total. The molecule has 1 aromatic heterocycles. The molecule has 2 amide bonds. The van der Waals surface area contributed by atoms with Crippen LogP contribution in [0.3, 0.4) is 0 Å².